The average Bonchev–Trinajstić information content (AvgIpc) is 2.51. The summed E-state index contributed by atoms with van der Waals surface area (Å²) in [6.07, 6.45) is 13.4. The predicted molar refractivity (Wildman–Crippen MR) is 84.0 cm³/mol. The van der Waals surface area contributed by atoms with Crippen LogP contribution in [0.2, 0.25) is 0 Å². The molecule has 0 amide bonds. The first-order chi connectivity index (χ1) is 7.98. The second kappa shape index (κ2) is 4.60. The van der Waals surface area contributed by atoms with Gasteiger partial charge in [-0.2, -0.15) is 0 Å². The van der Waals surface area contributed by atoms with E-state index in [9.17, 15) is 0 Å². The summed E-state index contributed by atoms with van der Waals surface area (Å²) in [4.78, 5) is 0. The van der Waals surface area contributed by atoms with Gasteiger partial charge in [0.15, 0.2) is 0 Å². The molecule has 0 aromatic rings. The Kier molecular flexibility index (Phi) is 3.48. The first kappa shape index (κ1) is 12.9. The van der Waals surface area contributed by atoms with Crippen LogP contribution in [0.25, 0.3) is 0 Å². The molecular formula is C16H19I. The minimum atomic E-state index is 0.183. The molecule has 0 aliphatic heterocycles. The number of fused-ring (bicyclic) bond motifs is 1. The normalized spacial score (nSPS) is 33.3. The van der Waals surface area contributed by atoms with E-state index in [1.54, 1.807) is 0 Å². The SMILES string of the molecule is C=C1/C(=C\C(I)=C/C)C(C)(C)C2C=CC=CC12. The first-order valence-corrected chi connectivity index (χ1v) is 7.14. The van der Waals surface area contributed by atoms with Crippen molar-refractivity contribution in [3.8, 4) is 0 Å². The Balaban J connectivity index is 2.48. The third-order valence-corrected chi connectivity index (χ3v) is 4.90. The van der Waals surface area contributed by atoms with Gasteiger partial charge in [0.2, 0.25) is 0 Å². The molecule has 2 aliphatic carbocycles. The molecule has 2 atom stereocenters. The molecule has 2 rings (SSSR count). The van der Waals surface area contributed by atoms with Crippen molar-refractivity contribution < 1.29 is 0 Å². The van der Waals surface area contributed by atoms with Crippen molar-refractivity contribution in [1.82, 2.24) is 0 Å². The van der Waals surface area contributed by atoms with Gasteiger partial charge in [-0.25, -0.2) is 0 Å². The second-order valence-electron chi connectivity index (χ2n) is 5.30. The third kappa shape index (κ3) is 2.10. The number of hydrogen-bond donors (Lipinski definition) is 0. The zero-order chi connectivity index (χ0) is 12.6. The van der Waals surface area contributed by atoms with Crippen molar-refractivity contribution >= 4 is 22.6 Å². The number of halogens is 1. The van der Waals surface area contributed by atoms with Gasteiger partial charge in [-0.05, 0) is 58.1 Å². The quantitative estimate of drug-likeness (QED) is 0.576. The van der Waals surface area contributed by atoms with Crippen LogP contribution < -0.4 is 0 Å². The van der Waals surface area contributed by atoms with Crippen molar-refractivity contribution in [2.45, 2.75) is 20.8 Å². The smallest absolute Gasteiger partial charge is 0.00902 e. The fraction of sp³-hybridized carbons (Fsp3) is 0.375. The molecule has 0 nitrogen and oxygen atoms in total. The maximum absolute atomic E-state index is 4.32. The molecule has 0 N–H and O–H groups in total. The number of hydrogen-bond acceptors (Lipinski definition) is 0. The maximum atomic E-state index is 4.32. The molecule has 90 valence electrons. The van der Waals surface area contributed by atoms with Crippen molar-refractivity contribution in [2.24, 2.45) is 17.3 Å². The van der Waals surface area contributed by atoms with E-state index < -0.39 is 0 Å². The van der Waals surface area contributed by atoms with Gasteiger partial charge in [-0.1, -0.05) is 50.8 Å². The van der Waals surface area contributed by atoms with Crippen molar-refractivity contribution in [3.63, 3.8) is 0 Å². The van der Waals surface area contributed by atoms with Crippen molar-refractivity contribution in [1.29, 1.82) is 0 Å². The molecule has 2 unspecified atom stereocenters. The summed E-state index contributed by atoms with van der Waals surface area (Å²) >= 11 is 2.38. The van der Waals surface area contributed by atoms with Crippen LogP contribution in [0.15, 0.2) is 57.8 Å². The largest absolute Gasteiger partial charge is 0.0949 e. The molecule has 1 fully saturated rings. The van der Waals surface area contributed by atoms with E-state index in [4.69, 9.17) is 0 Å². The minimum Gasteiger partial charge on any atom is -0.0949 e. The Bertz CT molecular complexity index is 458. The van der Waals surface area contributed by atoms with Crippen LogP contribution >= 0.6 is 22.6 Å². The fourth-order valence-electron chi connectivity index (χ4n) is 2.90. The second-order valence-corrected chi connectivity index (χ2v) is 6.55. The molecule has 17 heavy (non-hydrogen) atoms. The van der Waals surface area contributed by atoms with Gasteiger partial charge in [-0.15, -0.1) is 0 Å². The van der Waals surface area contributed by atoms with Gasteiger partial charge in [0.1, 0.15) is 0 Å². The maximum Gasteiger partial charge on any atom is 0.00902 e. The Labute approximate surface area is 118 Å². The van der Waals surface area contributed by atoms with Crippen LogP contribution in [0.1, 0.15) is 20.8 Å². The predicted octanol–water partition coefficient (Wildman–Crippen LogP) is 5.21. The highest BCUT2D eigenvalue weighted by atomic mass is 127. The molecule has 2 aliphatic rings. The molecule has 1 saturated carbocycles. The van der Waals surface area contributed by atoms with Crippen molar-refractivity contribution in [3.05, 3.63) is 57.8 Å². The lowest BCUT2D eigenvalue weighted by molar-refractivity contribution is 0.333. The van der Waals surface area contributed by atoms with Crippen LogP contribution in [-0.4, -0.2) is 0 Å². The number of allylic oxidation sites excluding steroid dienone is 9. The van der Waals surface area contributed by atoms with Gasteiger partial charge in [0.25, 0.3) is 0 Å². The van der Waals surface area contributed by atoms with Gasteiger partial charge >= 0.3 is 0 Å². The molecule has 0 aromatic carbocycles. The van der Waals surface area contributed by atoms with E-state index in [2.05, 4.69) is 86.4 Å². The standard InChI is InChI=1S/C16H19I/c1-5-12(17)10-15-11(2)13-8-6-7-9-14(13)16(15,3)4/h5-10,13-14H,2H2,1,3-4H3/b12-5+,15-10+. The summed E-state index contributed by atoms with van der Waals surface area (Å²) in [5.74, 6) is 1.05. The van der Waals surface area contributed by atoms with E-state index >= 15 is 0 Å². The summed E-state index contributed by atoms with van der Waals surface area (Å²) in [5.41, 5.74) is 2.88. The van der Waals surface area contributed by atoms with E-state index in [1.807, 2.05) is 0 Å². The third-order valence-electron chi connectivity index (χ3n) is 3.97. The molecule has 0 heterocycles. The van der Waals surface area contributed by atoms with Crippen molar-refractivity contribution in [2.75, 3.05) is 0 Å². The first-order valence-electron chi connectivity index (χ1n) is 6.06. The van der Waals surface area contributed by atoms with Gasteiger partial charge in [0, 0.05) is 9.50 Å². The van der Waals surface area contributed by atoms with E-state index in [-0.39, 0.29) is 5.41 Å². The van der Waals surface area contributed by atoms with Crippen LogP contribution in [0.5, 0.6) is 0 Å². The Hall–Kier alpha value is -0.570. The lowest BCUT2D eigenvalue weighted by Gasteiger charge is -2.28. The average molecular weight is 338 g/mol. The highest BCUT2D eigenvalue weighted by molar-refractivity contribution is 14.1. The van der Waals surface area contributed by atoms with Crippen LogP contribution in [0, 0.1) is 17.3 Å². The van der Waals surface area contributed by atoms with E-state index in [0.717, 1.165) is 0 Å². The summed E-state index contributed by atoms with van der Waals surface area (Å²) in [5, 5.41) is 0. The molecule has 0 aromatic heterocycles. The van der Waals surface area contributed by atoms with E-state index in [0.29, 0.717) is 11.8 Å². The summed E-state index contributed by atoms with van der Waals surface area (Å²) in [6.45, 7) is 11.1. The molecule has 0 saturated heterocycles. The lowest BCUT2D eigenvalue weighted by atomic mass is 9.75. The Morgan fingerprint density at radius 2 is 2.00 bits per heavy atom. The zero-order valence-corrected chi connectivity index (χ0v) is 12.9. The fourth-order valence-corrected chi connectivity index (χ4v) is 3.21. The van der Waals surface area contributed by atoms with E-state index in [1.165, 1.54) is 14.7 Å². The van der Waals surface area contributed by atoms with Crippen LogP contribution in [-0.2, 0) is 0 Å². The lowest BCUT2D eigenvalue weighted by Crippen LogP contribution is -2.21. The topological polar surface area (TPSA) is 0 Å². The molecule has 0 spiro atoms. The Morgan fingerprint density at radius 1 is 1.35 bits per heavy atom. The molecule has 0 radical (unpaired) electrons. The van der Waals surface area contributed by atoms with Gasteiger partial charge in [-0.3, -0.25) is 0 Å². The number of rotatable bonds is 1. The summed E-state index contributed by atoms with van der Waals surface area (Å²) in [6, 6.07) is 0. The van der Waals surface area contributed by atoms with Gasteiger partial charge < -0.3 is 0 Å². The van der Waals surface area contributed by atoms with Gasteiger partial charge in [0.05, 0.1) is 0 Å². The Morgan fingerprint density at radius 3 is 2.59 bits per heavy atom. The van der Waals surface area contributed by atoms with Crippen LogP contribution in [0.3, 0.4) is 0 Å². The monoisotopic (exact) mass is 338 g/mol. The minimum absolute atomic E-state index is 0.183. The molecule has 1 heteroatoms. The zero-order valence-electron chi connectivity index (χ0n) is 10.7. The molecule has 0 bridgehead atoms. The summed E-state index contributed by atoms with van der Waals surface area (Å²) in [7, 11) is 0. The summed E-state index contributed by atoms with van der Waals surface area (Å²) < 4.78 is 1.29. The molecular weight excluding hydrogens is 319 g/mol. The highest BCUT2D eigenvalue weighted by Gasteiger charge is 2.45. The highest BCUT2D eigenvalue weighted by Crippen LogP contribution is 2.55. The van der Waals surface area contributed by atoms with Crippen LogP contribution in [0.4, 0.5) is 0 Å².